The van der Waals surface area contributed by atoms with Crippen LogP contribution in [0.5, 0.6) is 0 Å². The molecule has 0 aliphatic carbocycles. The van der Waals surface area contributed by atoms with Gasteiger partial charge in [0.25, 0.3) is 5.91 Å². The molecule has 6 heteroatoms. The van der Waals surface area contributed by atoms with E-state index >= 15 is 0 Å². The third-order valence-corrected chi connectivity index (χ3v) is 5.09. The molecule has 1 saturated heterocycles. The Morgan fingerprint density at radius 2 is 1.62 bits per heavy atom. The van der Waals surface area contributed by atoms with Gasteiger partial charge in [-0.1, -0.05) is 56.3 Å². The number of rotatable bonds is 8. The molecule has 29 heavy (non-hydrogen) atoms. The number of hydrogen-bond acceptors (Lipinski definition) is 4. The predicted molar refractivity (Wildman–Crippen MR) is 116 cm³/mol. The minimum absolute atomic E-state index is 0.390. The minimum Gasteiger partial charge on any atom is -0.372 e. The standard InChI is InChI=1S/C23H28N4O2/c1-4-15-26(16-5-2)20-13-11-18(12-14-20)17-24-27-21(28)23(3,25-22(27)29)19-9-7-6-8-10-19/h6-14,17H,4-5,15-16H2,1-3H3,(H,25,29)/b24-17-/t23-/m1/s1. The molecular formula is C23H28N4O2. The summed E-state index contributed by atoms with van der Waals surface area (Å²) in [6, 6.07) is 16.7. The fourth-order valence-corrected chi connectivity index (χ4v) is 3.50. The van der Waals surface area contributed by atoms with E-state index in [1.54, 1.807) is 13.1 Å². The Kier molecular flexibility index (Phi) is 6.32. The fourth-order valence-electron chi connectivity index (χ4n) is 3.50. The fraction of sp³-hybridized carbons (Fsp3) is 0.348. The summed E-state index contributed by atoms with van der Waals surface area (Å²) in [5.74, 6) is -0.390. The summed E-state index contributed by atoms with van der Waals surface area (Å²) in [6.07, 6.45) is 3.73. The third-order valence-electron chi connectivity index (χ3n) is 5.09. The minimum atomic E-state index is -1.11. The van der Waals surface area contributed by atoms with Gasteiger partial charge in [-0.25, -0.2) is 4.79 Å². The van der Waals surface area contributed by atoms with Crippen molar-refractivity contribution < 1.29 is 9.59 Å². The van der Waals surface area contributed by atoms with Crippen LogP contribution in [0, 0.1) is 0 Å². The summed E-state index contributed by atoms with van der Waals surface area (Å²) in [6.45, 7) is 8.07. The second-order valence-electron chi connectivity index (χ2n) is 7.36. The maximum absolute atomic E-state index is 12.9. The molecule has 1 atom stereocenters. The molecule has 1 heterocycles. The summed E-state index contributed by atoms with van der Waals surface area (Å²) in [5.41, 5.74) is 1.61. The first-order chi connectivity index (χ1) is 14.0. The lowest BCUT2D eigenvalue weighted by Crippen LogP contribution is -2.40. The summed E-state index contributed by atoms with van der Waals surface area (Å²) in [7, 11) is 0. The highest BCUT2D eigenvalue weighted by Crippen LogP contribution is 2.28. The number of carbonyl (C=O) groups excluding carboxylic acids is 2. The normalized spacial score (nSPS) is 19.1. The molecule has 6 nitrogen and oxygen atoms in total. The zero-order valence-electron chi connectivity index (χ0n) is 17.3. The Morgan fingerprint density at radius 3 is 2.21 bits per heavy atom. The Hall–Kier alpha value is -3.15. The maximum Gasteiger partial charge on any atom is 0.346 e. The van der Waals surface area contributed by atoms with E-state index in [0.29, 0.717) is 0 Å². The second kappa shape index (κ2) is 8.90. The molecule has 2 aromatic carbocycles. The molecule has 2 aromatic rings. The van der Waals surface area contributed by atoms with E-state index in [1.165, 1.54) is 0 Å². The molecule has 1 fully saturated rings. The molecule has 0 bridgehead atoms. The quantitative estimate of drug-likeness (QED) is 0.543. The van der Waals surface area contributed by atoms with Crippen molar-refractivity contribution in [2.45, 2.75) is 39.2 Å². The first-order valence-electron chi connectivity index (χ1n) is 10.1. The summed E-state index contributed by atoms with van der Waals surface area (Å²) in [5, 5.41) is 7.81. The van der Waals surface area contributed by atoms with Crippen LogP contribution in [0.4, 0.5) is 10.5 Å². The molecule has 0 unspecified atom stereocenters. The van der Waals surface area contributed by atoms with Crippen LogP contribution in [0.1, 0.15) is 44.7 Å². The smallest absolute Gasteiger partial charge is 0.346 e. The Balaban J connectivity index is 1.74. The SMILES string of the molecule is CCCN(CCC)c1ccc(/C=N\N2C(=O)N[C@](C)(c3ccccc3)C2=O)cc1. The van der Waals surface area contributed by atoms with Gasteiger partial charge in [0.05, 0.1) is 6.21 Å². The van der Waals surface area contributed by atoms with Gasteiger partial charge in [-0.15, -0.1) is 5.01 Å². The summed E-state index contributed by atoms with van der Waals surface area (Å²) >= 11 is 0. The number of urea groups is 1. The number of hydrazone groups is 1. The van der Waals surface area contributed by atoms with Gasteiger partial charge >= 0.3 is 6.03 Å². The number of amides is 3. The lowest BCUT2D eigenvalue weighted by atomic mass is 9.92. The second-order valence-corrected chi connectivity index (χ2v) is 7.36. The van der Waals surface area contributed by atoms with Crippen molar-refractivity contribution >= 4 is 23.8 Å². The molecule has 0 aromatic heterocycles. The number of hydrogen-bond donors (Lipinski definition) is 1. The van der Waals surface area contributed by atoms with Crippen molar-refractivity contribution in [2.75, 3.05) is 18.0 Å². The highest BCUT2D eigenvalue weighted by atomic mass is 16.2. The zero-order chi connectivity index (χ0) is 20.9. The van der Waals surface area contributed by atoms with E-state index in [-0.39, 0.29) is 0 Å². The van der Waals surface area contributed by atoms with Crippen molar-refractivity contribution in [3.05, 3.63) is 65.7 Å². The molecule has 1 N–H and O–H groups in total. The number of carbonyl (C=O) groups is 2. The van der Waals surface area contributed by atoms with Crippen LogP contribution in [0.25, 0.3) is 0 Å². The average Bonchev–Trinajstić information content (AvgIpc) is 2.96. The molecule has 0 radical (unpaired) electrons. The first kappa shape index (κ1) is 20.6. The van der Waals surface area contributed by atoms with Gasteiger partial charge in [-0.3, -0.25) is 4.79 Å². The molecule has 3 rings (SSSR count). The van der Waals surface area contributed by atoms with Gasteiger partial charge in [0.1, 0.15) is 5.54 Å². The largest absolute Gasteiger partial charge is 0.372 e. The lowest BCUT2D eigenvalue weighted by molar-refractivity contribution is -0.131. The average molecular weight is 393 g/mol. The van der Waals surface area contributed by atoms with Crippen LogP contribution in [-0.2, 0) is 10.3 Å². The van der Waals surface area contributed by atoms with Crippen LogP contribution >= 0.6 is 0 Å². The molecule has 1 aliphatic rings. The van der Waals surface area contributed by atoms with Crippen molar-refractivity contribution in [1.82, 2.24) is 10.3 Å². The van der Waals surface area contributed by atoms with E-state index < -0.39 is 17.5 Å². The molecule has 0 saturated carbocycles. The molecule has 1 aliphatic heterocycles. The third kappa shape index (κ3) is 4.31. The monoisotopic (exact) mass is 392 g/mol. The van der Waals surface area contributed by atoms with Gasteiger partial charge in [0.2, 0.25) is 0 Å². The highest BCUT2D eigenvalue weighted by molar-refractivity contribution is 6.07. The first-order valence-corrected chi connectivity index (χ1v) is 10.1. The lowest BCUT2D eigenvalue weighted by Gasteiger charge is -2.23. The van der Waals surface area contributed by atoms with Crippen LogP contribution < -0.4 is 10.2 Å². The van der Waals surface area contributed by atoms with Crippen molar-refractivity contribution in [2.24, 2.45) is 5.10 Å². The van der Waals surface area contributed by atoms with E-state index in [9.17, 15) is 9.59 Å². The number of nitrogens with one attached hydrogen (secondary N) is 1. The van der Waals surface area contributed by atoms with E-state index in [1.807, 2.05) is 54.6 Å². The number of benzene rings is 2. The molecule has 0 spiro atoms. The number of imide groups is 1. The van der Waals surface area contributed by atoms with E-state index in [0.717, 1.165) is 47.8 Å². The highest BCUT2D eigenvalue weighted by Gasteiger charge is 2.49. The van der Waals surface area contributed by atoms with Gasteiger partial charge in [-0.2, -0.15) is 5.10 Å². The van der Waals surface area contributed by atoms with Crippen LogP contribution in [0.15, 0.2) is 59.7 Å². The topological polar surface area (TPSA) is 65.0 Å². The van der Waals surface area contributed by atoms with Gasteiger partial charge in [0, 0.05) is 18.8 Å². The number of anilines is 1. The molecule has 3 amide bonds. The van der Waals surface area contributed by atoms with Crippen molar-refractivity contribution in [1.29, 1.82) is 0 Å². The van der Waals surface area contributed by atoms with Crippen LogP contribution in [0.2, 0.25) is 0 Å². The molecular weight excluding hydrogens is 364 g/mol. The van der Waals surface area contributed by atoms with Crippen LogP contribution in [-0.4, -0.2) is 36.3 Å². The number of nitrogens with zero attached hydrogens (tertiary/aromatic N) is 3. The van der Waals surface area contributed by atoms with Crippen molar-refractivity contribution in [3.8, 4) is 0 Å². The van der Waals surface area contributed by atoms with Gasteiger partial charge in [-0.05, 0) is 43.0 Å². The zero-order valence-corrected chi connectivity index (χ0v) is 17.3. The Bertz CT molecular complexity index is 874. The predicted octanol–water partition coefficient (Wildman–Crippen LogP) is 4.11. The van der Waals surface area contributed by atoms with Gasteiger partial charge in [0.15, 0.2) is 0 Å². The maximum atomic E-state index is 12.9. The summed E-state index contributed by atoms with van der Waals surface area (Å²) < 4.78 is 0. The van der Waals surface area contributed by atoms with Gasteiger partial charge < -0.3 is 10.2 Å². The molecule has 152 valence electrons. The van der Waals surface area contributed by atoms with Crippen LogP contribution in [0.3, 0.4) is 0 Å². The van der Waals surface area contributed by atoms with Crippen molar-refractivity contribution in [3.63, 3.8) is 0 Å². The summed E-state index contributed by atoms with van der Waals surface area (Å²) in [4.78, 5) is 27.6. The Morgan fingerprint density at radius 1 is 1.00 bits per heavy atom. The Labute approximate surface area is 172 Å². The van der Waals surface area contributed by atoms with E-state index in [2.05, 4.69) is 29.2 Å². The van der Waals surface area contributed by atoms with E-state index in [4.69, 9.17) is 0 Å².